The van der Waals surface area contributed by atoms with Crippen LogP contribution < -0.4 is 0 Å². The molecule has 1 unspecified atom stereocenters. The molecule has 0 aromatic heterocycles. The highest BCUT2D eigenvalue weighted by Gasteiger charge is 2.30. The van der Waals surface area contributed by atoms with E-state index in [0.29, 0.717) is 12.0 Å². The average Bonchev–Trinajstić information content (AvgIpc) is 2.63. The minimum atomic E-state index is 0.226. The van der Waals surface area contributed by atoms with E-state index in [2.05, 4.69) is 13.8 Å². The van der Waals surface area contributed by atoms with Gasteiger partial charge < -0.3 is 4.90 Å². The van der Waals surface area contributed by atoms with Crippen LogP contribution >= 0.6 is 0 Å². The van der Waals surface area contributed by atoms with Crippen LogP contribution in [0.3, 0.4) is 0 Å². The van der Waals surface area contributed by atoms with Crippen LogP contribution in [-0.2, 0) is 4.79 Å². The van der Waals surface area contributed by atoms with Crippen molar-refractivity contribution in [2.24, 2.45) is 5.92 Å². The number of rotatable bonds is 2. The van der Waals surface area contributed by atoms with Crippen LogP contribution in [0, 0.1) is 5.92 Å². The van der Waals surface area contributed by atoms with E-state index in [1.807, 2.05) is 24.8 Å². The summed E-state index contributed by atoms with van der Waals surface area (Å²) in [5.41, 5.74) is 0.873. The summed E-state index contributed by atoms with van der Waals surface area (Å²) in [6.07, 6.45) is 4.23. The molecule has 0 aromatic rings. The Labute approximate surface area is 87.0 Å². The molecule has 1 aliphatic heterocycles. The van der Waals surface area contributed by atoms with Gasteiger partial charge in [-0.05, 0) is 32.6 Å². The van der Waals surface area contributed by atoms with Gasteiger partial charge in [-0.3, -0.25) is 4.79 Å². The highest BCUT2D eigenvalue weighted by molar-refractivity contribution is 5.93. The first-order valence-electron chi connectivity index (χ1n) is 5.51. The minimum Gasteiger partial charge on any atom is -0.336 e. The second kappa shape index (κ2) is 4.63. The third kappa shape index (κ3) is 2.17. The predicted molar refractivity (Wildman–Crippen MR) is 59.0 cm³/mol. The smallest absolute Gasteiger partial charge is 0.249 e. The van der Waals surface area contributed by atoms with Gasteiger partial charge in [-0.2, -0.15) is 0 Å². The Kier molecular flexibility index (Phi) is 3.73. The van der Waals surface area contributed by atoms with Crippen molar-refractivity contribution in [3.05, 3.63) is 11.6 Å². The van der Waals surface area contributed by atoms with Crippen LogP contribution in [0.15, 0.2) is 11.6 Å². The zero-order chi connectivity index (χ0) is 10.7. The van der Waals surface area contributed by atoms with E-state index in [4.69, 9.17) is 0 Å². The lowest BCUT2D eigenvalue weighted by Gasteiger charge is -2.27. The number of allylic oxidation sites excluding steroid dienone is 1. The summed E-state index contributed by atoms with van der Waals surface area (Å²) in [4.78, 5) is 14.0. The summed E-state index contributed by atoms with van der Waals surface area (Å²) >= 11 is 0. The molecule has 0 spiro atoms. The average molecular weight is 195 g/mol. The number of hydrogen-bond donors (Lipinski definition) is 0. The van der Waals surface area contributed by atoms with E-state index in [1.165, 1.54) is 6.42 Å². The van der Waals surface area contributed by atoms with Gasteiger partial charge in [-0.1, -0.05) is 19.9 Å². The highest BCUT2D eigenvalue weighted by Crippen LogP contribution is 2.25. The van der Waals surface area contributed by atoms with Crippen molar-refractivity contribution in [1.29, 1.82) is 0 Å². The number of carbonyl (C=O) groups excluding carboxylic acids is 1. The van der Waals surface area contributed by atoms with E-state index >= 15 is 0 Å². The van der Waals surface area contributed by atoms with Crippen LogP contribution in [0.25, 0.3) is 0 Å². The van der Waals surface area contributed by atoms with Crippen LogP contribution in [0.1, 0.15) is 40.5 Å². The van der Waals surface area contributed by atoms with Crippen molar-refractivity contribution in [2.45, 2.75) is 46.6 Å². The van der Waals surface area contributed by atoms with Crippen LogP contribution in [-0.4, -0.2) is 23.4 Å². The molecule has 1 heterocycles. The Morgan fingerprint density at radius 1 is 1.50 bits per heavy atom. The fraction of sp³-hybridized carbons (Fsp3) is 0.750. The predicted octanol–water partition coefficient (Wildman–Crippen LogP) is 2.60. The first-order chi connectivity index (χ1) is 6.57. The van der Waals surface area contributed by atoms with Crippen molar-refractivity contribution >= 4 is 5.91 Å². The molecule has 1 rings (SSSR count). The molecule has 0 saturated carbocycles. The Morgan fingerprint density at radius 2 is 2.14 bits per heavy atom. The van der Waals surface area contributed by atoms with Crippen LogP contribution in [0.4, 0.5) is 0 Å². The minimum absolute atomic E-state index is 0.226. The zero-order valence-corrected chi connectivity index (χ0v) is 9.71. The van der Waals surface area contributed by atoms with Crippen molar-refractivity contribution in [3.8, 4) is 0 Å². The summed E-state index contributed by atoms with van der Waals surface area (Å²) in [7, 11) is 0. The topological polar surface area (TPSA) is 20.3 Å². The molecule has 1 aliphatic rings. The van der Waals surface area contributed by atoms with E-state index in [-0.39, 0.29) is 5.91 Å². The lowest BCUT2D eigenvalue weighted by atomic mass is 10.0. The van der Waals surface area contributed by atoms with Crippen molar-refractivity contribution in [3.63, 3.8) is 0 Å². The van der Waals surface area contributed by atoms with Crippen LogP contribution in [0.5, 0.6) is 0 Å². The molecule has 1 atom stereocenters. The number of carbonyl (C=O) groups is 1. The van der Waals surface area contributed by atoms with Crippen molar-refractivity contribution in [2.75, 3.05) is 6.54 Å². The Morgan fingerprint density at radius 3 is 2.64 bits per heavy atom. The lowest BCUT2D eigenvalue weighted by molar-refractivity contribution is -0.128. The summed E-state index contributed by atoms with van der Waals surface area (Å²) in [6, 6.07) is 0.456. The Balaban J connectivity index is 2.72. The molecule has 0 bridgehead atoms. The Bertz CT molecular complexity index is 243. The quantitative estimate of drug-likeness (QED) is 0.620. The Hall–Kier alpha value is -0.790. The molecule has 2 nitrogen and oxygen atoms in total. The molecule has 0 aromatic carbocycles. The highest BCUT2D eigenvalue weighted by atomic mass is 16.2. The third-order valence-corrected chi connectivity index (χ3v) is 3.10. The molecule has 2 heteroatoms. The molecule has 0 aliphatic carbocycles. The van der Waals surface area contributed by atoms with E-state index < -0.39 is 0 Å². The fourth-order valence-corrected chi connectivity index (χ4v) is 2.09. The number of likely N-dealkylation sites (tertiary alicyclic amines) is 1. The molecular formula is C12H21NO. The molecule has 1 fully saturated rings. The molecular weight excluding hydrogens is 174 g/mol. The van der Waals surface area contributed by atoms with Gasteiger partial charge in [0, 0.05) is 18.2 Å². The standard InChI is InChI=1S/C12H21NO/c1-5-10(4)12(14)13-8-6-7-11(13)9(2)3/h5,9,11H,6-8H2,1-4H3/b10-5+. The number of amides is 1. The molecule has 1 saturated heterocycles. The summed E-state index contributed by atoms with van der Waals surface area (Å²) in [6.45, 7) is 9.15. The van der Waals surface area contributed by atoms with Gasteiger partial charge in [0.05, 0.1) is 0 Å². The van der Waals surface area contributed by atoms with Gasteiger partial charge in [0.1, 0.15) is 0 Å². The lowest BCUT2D eigenvalue weighted by Crippen LogP contribution is -2.38. The van der Waals surface area contributed by atoms with Gasteiger partial charge in [-0.15, -0.1) is 0 Å². The SMILES string of the molecule is C/C=C(\C)C(=O)N1CCCC1C(C)C. The van der Waals surface area contributed by atoms with Gasteiger partial charge >= 0.3 is 0 Å². The number of hydrogen-bond acceptors (Lipinski definition) is 1. The van der Waals surface area contributed by atoms with Gasteiger partial charge in [0.2, 0.25) is 5.91 Å². The number of nitrogens with zero attached hydrogens (tertiary/aromatic N) is 1. The second-order valence-electron chi connectivity index (χ2n) is 4.42. The summed E-state index contributed by atoms with van der Waals surface area (Å²) in [5, 5.41) is 0. The normalized spacial score (nSPS) is 23.4. The van der Waals surface area contributed by atoms with E-state index in [0.717, 1.165) is 18.5 Å². The second-order valence-corrected chi connectivity index (χ2v) is 4.42. The molecule has 0 N–H and O–H groups in total. The molecule has 80 valence electrons. The maximum atomic E-state index is 11.9. The van der Waals surface area contributed by atoms with Crippen molar-refractivity contribution < 1.29 is 4.79 Å². The van der Waals surface area contributed by atoms with Gasteiger partial charge in [0.15, 0.2) is 0 Å². The van der Waals surface area contributed by atoms with Gasteiger partial charge in [-0.25, -0.2) is 0 Å². The van der Waals surface area contributed by atoms with Crippen molar-refractivity contribution in [1.82, 2.24) is 4.90 Å². The van der Waals surface area contributed by atoms with Crippen LogP contribution in [0.2, 0.25) is 0 Å². The molecule has 0 radical (unpaired) electrons. The summed E-state index contributed by atoms with van der Waals surface area (Å²) < 4.78 is 0. The molecule has 1 amide bonds. The monoisotopic (exact) mass is 195 g/mol. The maximum Gasteiger partial charge on any atom is 0.249 e. The maximum absolute atomic E-state index is 11.9. The summed E-state index contributed by atoms with van der Waals surface area (Å²) in [5.74, 6) is 0.801. The van der Waals surface area contributed by atoms with E-state index in [9.17, 15) is 4.79 Å². The molecule has 14 heavy (non-hydrogen) atoms. The first-order valence-corrected chi connectivity index (χ1v) is 5.51. The van der Waals surface area contributed by atoms with Gasteiger partial charge in [0.25, 0.3) is 0 Å². The van der Waals surface area contributed by atoms with E-state index in [1.54, 1.807) is 0 Å². The third-order valence-electron chi connectivity index (χ3n) is 3.10. The largest absolute Gasteiger partial charge is 0.336 e. The fourth-order valence-electron chi connectivity index (χ4n) is 2.09. The zero-order valence-electron chi connectivity index (χ0n) is 9.71. The first kappa shape index (κ1) is 11.3.